The van der Waals surface area contributed by atoms with E-state index in [9.17, 15) is 4.79 Å². The van der Waals surface area contributed by atoms with Crippen LogP contribution in [0, 0.1) is 13.8 Å². The third kappa shape index (κ3) is 2.41. The highest BCUT2D eigenvalue weighted by Crippen LogP contribution is 2.36. The van der Waals surface area contributed by atoms with Gasteiger partial charge < -0.3 is 9.64 Å². The first-order valence-electron chi connectivity index (χ1n) is 6.85. The van der Waals surface area contributed by atoms with E-state index in [0.29, 0.717) is 6.42 Å². The first-order valence-corrected chi connectivity index (χ1v) is 6.85. The summed E-state index contributed by atoms with van der Waals surface area (Å²) in [6.45, 7) is 5.62. The zero-order valence-electron chi connectivity index (χ0n) is 11.5. The number of rotatable bonds is 1. The zero-order chi connectivity index (χ0) is 13.5. The molecule has 5 heteroatoms. The summed E-state index contributed by atoms with van der Waals surface area (Å²) in [6.07, 6.45) is 3.35. The Kier molecular flexibility index (Phi) is 2.92. The standard InChI is InChI=1S/C14H19N3O2/c1-10-8-11(2)16-13(15-10)17-7-3-5-14(9-17)6-4-12(18)19-14/h8H,3-7,9H2,1-2H3. The fraction of sp³-hybridized carbons (Fsp3) is 0.643. The van der Waals surface area contributed by atoms with Crippen molar-refractivity contribution in [3.05, 3.63) is 17.5 Å². The average Bonchev–Trinajstić information content (AvgIpc) is 2.69. The molecule has 2 aliphatic rings. The number of hydrogen-bond acceptors (Lipinski definition) is 5. The minimum atomic E-state index is -0.295. The first-order chi connectivity index (χ1) is 9.06. The lowest BCUT2D eigenvalue weighted by atomic mass is 9.90. The summed E-state index contributed by atoms with van der Waals surface area (Å²) >= 11 is 0. The van der Waals surface area contributed by atoms with E-state index in [1.165, 1.54) is 0 Å². The molecule has 1 unspecified atom stereocenters. The second-order valence-corrected chi connectivity index (χ2v) is 5.63. The fourth-order valence-corrected chi connectivity index (χ4v) is 3.08. The maximum atomic E-state index is 11.4. The molecule has 1 aromatic heterocycles. The number of anilines is 1. The molecule has 2 aliphatic heterocycles. The first kappa shape index (κ1) is 12.4. The van der Waals surface area contributed by atoms with Crippen LogP contribution in [-0.2, 0) is 9.53 Å². The molecule has 2 fully saturated rings. The molecule has 0 saturated carbocycles. The van der Waals surface area contributed by atoms with Crippen molar-refractivity contribution in [1.82, 2.24) is 9.97 Å². The molecule has 19 heavy (non-hydrogen) atoms. The van der Waals surface area contributed by atoms with Gasteiger partial charge >= 0.3 is 5.97 Å². The van der Waals surface area contributed by atoms with Crippen molar-refractivity contribution in [2.75, 3.05) is 18.0 Å². The van der Waals surface area contributed by atoms with Gasteiger partial charge in [0.2, 0.25) is 5.95 Å². The summed E-state index contributed by atoms with van der Waals surface area (Å²) in [5, 5.41) is 0. The van der Waals surface area contributed by atoms with Gasteiger partial charge in [-0.25, -0.2) is 9.97 Å². The van der Waals surface area contributed by atoms with Crippen LogP contribution in [0.1, 0.15) is 37.1 Å². The number of nitrogens with zero attached hydrogens (tertiary/aromatic N) is 3. The summed E-state index contributed by atoms with van der Waals surface area (Å²) in [4.78, 5) is 22.6. The molecule has 0 aliphatic carbocycles. The van der Waals surface area contributed by atoms with E-state index in [1.54, 1.807) is 0 Å². The van der Waals surface area contributed by atoms with Crippen molar-refractivity contribution in [2.45, 2.75) is 45.1 Å². The van der Waals surface area contributed by atoms with Gasteiger partial charge in [0.15, 0.2) is 0 Å². The van der Waals surface area contributed by atoms with E-state index < -0.39 is 0 Å². The third-order valence-electron chi connectivity index (χ3n) is 3.91. The van der Waals surface area contributed by atoms with E-state index in [0.717, 1.165) is 49.7 Å². The van der Waals surface area contributed by atoms with Crippen molar-refractivity contribution in [3.8, 4) is 0 Å². The molecule has 3 rings (SSSR count). The number of aromatic nitrogens is 2. The van der Waals surface area contributed by atoms with Gasteiger partial charge in [0.1, 0.15) is 5.60 Å². The van der Waals surface area contributed by atoms with E-state index in [-0.39, 0.29) is 11.6 Å². The van der Waals surface area contributed by atoms with Gasteiger partial charge in [-0.3, -0.25) is 4.79 Å². The van der Waals surface area contributed by atoms with Crippen LogP contribution in [-0.4, -0.2) is 34.6 Å². The topological polar surface area (TPSA) is 55.3 Å². The Labute approximate surface area is 113 Å². The zero-order valence-corrected chi connectivity index (χ0v) is 11.5. The maximum Gasteiger partial charge on any atom is 0.306 e. The van der Waals surface area contributed by atoms with Crippen LogP contribution < -0.4 is 4.90 Å². The lowest BCUT2D eigenvalue weighted by Gasteiger charge is -2.39. The minimum Gasteiger partial charge on any atom is -0.457 e. The van der Waals surface area contributed by atoms with E-state index >= 15 is 0 Å². The highest BCUT2D eigenvalue weighted by molar-refractivity contribution is 5.72. The normalized spacial score (nSPS) is 26.8. The smallest absolute Gasteiger partial charge is 0.306 e. The lowest BCUT2D eigenvalue weighted by molar-refractivity contribution is -0.148. The van der Waals surface area contributed by atoms with Crippen LogP contribution in [0.4, 0.5) is 5.95 Å². The summed E-state index contributed by atoms with van der Waals surface area (Å²) < 4.78 is 5.57. The number of carbonyl (C=O) groups excluding carboxylic acids is 1. The fourth-order valence-electron chi connectivity index (χ4n) is 3.08. The molecular formula is C14H19N3O2. The molecule has 0 amide bonds. The molecule has 1 spiro atoms. The van der Waals surface area contributed by atoms with Gasteiger partial charge in [0.25, 0.3) is 0 Å². The van der Waals surface area contributed by atoms with Gasteiger partial charge in [-0.15, -0.1) is 0 Å². The quantitative estimate of drug-likeness (QED) is 0.721. The summed E-state index contributed by atoms with van der Waals surface area (Å²) in [7, 11) is 0. The van der Waals surface area contributed by atoms with E-state index in [1.807, 2.05) is 19.9 Å². The van der Waals surface area contributed by atoms with Gasteiger partial charge in [0.05, 0.1) is 6.54 Å². The van der Waals surface area contributed by atoms with Crippen LogP contribution in [0.2, 0.25) is 0 Å². The van der Waals surface area contributed by atoms with E-state index in [4.69, 9.17) is 4.74 Å². The van der Waals surface area contributed by atoms with Crippen molar-refractivity contribution >= 4 is 11.9 Å². The Morgan fingerprint density at radius 3 is 2.63 bits per heavy atom. The average molecular weight is 261 g/mol. The number of hydrogen-bond donors (Lipinski definition) is 0. The Morgan fingerprint density at radius 1 is 1.26 bits per heavy atom. The molecule has 102 valence electrons. The second-order valence-electron chi connectivity index (χ2n) is 5.63. The molecular weight excluding hydrogens is 242 g/mol. The molecule has 0 bridgehead atoms. The largest absolute Gasteiger partial charge is 0.457 e. The predicted molar refractivity (Wildman–Crippen MR) is 71.0 cm³/mol. The Morgan fingerprint density at radius 2 is 2.00 bits per heavy atom. The van der Waals surface area contributed by atoms with Crippen molar-refractivity contribution in [3.63, 3.8) is 0 Å². The molecule has 2 saturated heterocycles. The molecule has 0 radical (unpaired) electrons. The van der Waals surface area contributed by atoms with Gasteiger partial charge in [-0.05, 0) is 39.2 Å². The Balaban J connectivity index is 1.83. The lowest BCUT2D eigenvalue weighted by Crippen LogP contribution is -2.48. The minimum absolute atomic E-state index is 0.0665. The second kappa shape index (κ2) is 4.47. The van der Waals surface area contributed by atoms with Crippen LogP contribution in [0.3, 0.4) is 0 Å². The van der Waals surface area contributed by atoms with Crippen LogP contribution in [0.15, 0.2) is 6.07 Å². The Hall–Kier alpha value is -1.65. The van der Waals surface area contributed by atoms with Crippen LogP contribution >= 0.6 is 0 Å². The highest BCUT2D eigenvalue weighted by Gasteiger charge is 2.44. The monoisotopic (exact) mass is 261 g/mol. The number of piperidine rings is 1. The van der Waals surface area contributed by atoms with Gasteiger partial charge in [-0.2, -0.15) is 0 Å². The molecule has 5 nitrogen and oxygen atoms in total. The van der Waals surface area contributed by atoms with Crippen LogP contribution in [0.5, 0.6) is 0 Å². The highest BCUT2D eigenvalue weighted by atomic mass is 16.6. The van der Waals surface area contributed by atoms with Crippen molar-refractivity contribution in [2.24, 2.45) is 0 Å². The number of ether oxygens (including phenoxy) is 1. The van der Waals surface area contributed by atoms with Gasteiger partial charge in [0, 0.05) is 24.4 Å². The molecule has 1 atom stereocenters. The number of carbonyl (C=O) groups is 1. The summed E-state index contributed by atoms with van der Waals surface area (Å²) in [6, 6.07) is 1.97. The SMILES string of the molecule is Cc1cc(C)nc(N2CCCC3(CCC(=O)O3)C2)n1. The maximum absolute atomic E-state index is 11.4. The predicted octanol–water partition coefficient (Wildman–Crippen LogP) is 1.77. The van der Waals surface area contributed by atoms with Crippen molar-refractivity contribution in [1.29, 1.82) is 0 Å². The molecule has 0 N–H and O–H groups in total. The van der Waals surface area contributed by atoms with Crippen molar-refractivity contribution < 1.29 is 9.53 Å². The van der Waals surface area contributed by atoms with Gasteiger partial charge in [-0.1, -0.05) is 0 Å². The molecule has 0 aromatic carbocycles. The summed E-state index contributed by atoms with van der Waals surface area (Å²) in [5.41, 5.74) is 1.66. The van der Waals surface area contributed by atoms with Crippen LogP contribution in [0.25, 0.3) is 0 Å². The number of esters is 1. The molecule has 3 heterocycles. The van der Waals surface area contributed by atoms with E-state index in [2.05, 4.69) is 14.9 Å². The molecule has 1 aromatic rings. The summed E-state index contributed by atoms with van der Waals surface area (Å²) in [5.74, 6) is 0.697. The number of aryl methyl sites for hydroxylation is 2. The Bertz CT molecular complexity index is 497. The third-order valence-corrected chi connectivity index (χ3v) is 3.91.